The standard InChI is InChI=1S/C25H37N3O4/c1-16-12-28(17(2)15-29)24(30)11-20-10-21(26-25(31)19-6-7-19)8-9-22(20)32-23(16)14-27(3)13-18-4-5-18/h8-10,16-19,23,29H,4-7,11-15H2,1-3H3,(H,26,31)/t16-,17+,23+/m0/s1. The second-order valence-electron chi connectivity index (χ2n) is 10.1. The highest BCUT2D eigenvalue weighted by atomic mass is 16.5. The van der Waals surface area contributed by atoms with E-state index >= 15 is 0 Å². The molecule has 1 aliphatic heterocycles. The summed E-state index contributed by atoms with van der Waals surface area (Å²) in [6.45, 7) is 6.33. The lowest BCUT2D eigenvalue weighted by Gasteiger charge is -2.34. The van der Waals surface area contributed by atoms with Crippen molar-refractivity contribution < 1.29 is 19.4 Å². The van der Waals surface area contributed by atoms with Gasteiger partial charge in [-0.2, -0.15) is 0 Å². The first-order valence-corrected chi connectivity index (χ1v) is 12.0. The molecule has 0 bridgehead atoms. The van der Waals surface area contributed by atoms with Gasteiger partial charge in [-0.25, -0.2) is 0 Å². The van der Waals surface area contributed by atoms with Crippen LogP contribution >= 0.6 is 0 Å². The number of hydrogen-bond acceptors (Lipinski definition) is 5. The van der Waals surface area contributed by atoms with Gasteiger partial charge in [0, 0.05) is 42.7 Å². The molecule has 7 heteroatoms. The van der Waals surface area contributed by atoms with Crippen molar-refractivity contribution in [3.05, 3.63) is 23.8 Å². The van der Waals surface area contributed by atoms with Crippen molar-refractivity contribution in [2.24, 2.45) is 17.8 Å². The van der Waals surface area contributed by atoms with Crippen molar-refractivity contribution in [2.45, 2.75) is 58.1 Å². The van der Waals surface area contributed by atoms with Gasteiger partial charge in [0.25, 0.3) is 0 Å². The minimum Gasteiger partial charge on any atom is -0.488 e. The van der Waals surface area contributed by atoms with E-state index in [-0.39, 0.29) is 48.8 Å². The van der Waals surface area contributed by atoms with Crippen molar-refractivity contribution in [1.29, 1.82) is 0 Å². The lowest BCUT2D eigenvalue weighted by molar-refractivity contribution is -0.134. The van der Waals surface area contributed by atoms with Crippen LogP contribution in [0.15, 0.2) is 18.2 Å². The van der Waals surface area contributed by atoms with Gasteiger partial charge in [-0.15, -0.1) is 0 Å². The predicted octanol–water partition coefficient (Wildman–Crippen LogP) is 2.53. The number of aliphatic hydroxyl groups excluding tert-OH is 1. The molecule has 2 saturated carbocycles. The molecule has 2 N–H and O–H groups in total. The molecule has 176 valence electrons. The van der Waals surface area contributed by atoms with Crippen LogP contribution < -0.4 is 10.1 Å². The number of anilines is 1. The summed E-state index contributed by atoms with van der Waals surface area (Å²) in [4.78, 5) is 29.6. The van der Waals surface area contributed by atoms with E-state index in [4.69, 9.17) is 4.74 Å². The number of rotatable bonds is 8. The monoisotopic (exact) mass is 443 g/mol. The molecule has 1 aromatic rings. The van der Waals surface area contributed by atoms with Gasteiger partial charge in [0.05, 0.1) is 19.1 Å². The van der Waals surface area contributed by atoms with Gasteiger partial charge in [0.1, 0.15) is 11.9 Å². The summed E-state index contributed by atoms with van der Waals surface area (Å²) in [5, 5.41) is 12.7. The fourth-order valence-corrected chi connectivity index (χ4v) is 4.44. The Labute approximate surface area is 191 Å². The van der Waals surface area contributed by atoms with E-state index in [0.717, 1.165) is 37.4 Å². The van der Waals surface area contributed by atoms with Crippen LogP contribution in [-0.4, -0.2) is 72.2 Å². The van der Waals surface area contributed by atoms with Crippen LogP contribution in [0.3, 0.4) is 0 Å². The summed E-state index contributed by atoms with van der Waals surface area (Å²) in [7, 11) is 2.14. The molecule has 0 unspecified atom stereocenters. The Bertz CT molecular complexity index is 836. The number of carbonyl (C=O) groups excluding carboxylic acids is 2. The minimum atomic E-state index is -0.255. The molecule has 1 aromatic carbocycles. The number of nitrogens with zero attached hydrogens (tertiary/aromatic N) is 2. The van der Waals surface area contributed by atoms with E-state index in [1.165, 1.54) is 12.8 Å². The van der Waals surface area contributed by atoms with Gasteiger partial charge in [-0.05, 0) is 63.8 Å². The molecular weight excluding hydrogens is 406 g/mol. The second kappa shape index (κ2) is 9.79. The van der Waals surface area contributed by atoms with Crippen molar-refractivity contribution in [3.8, 4) is 5.75 Å². The highest BCUT2D eigenvalue weighted by Gasteiger charge is 2.33. The predicted molar refractivity (Wildman–Crippen MR) is 124 cm³/mol. The van der Waals surface area contributed by atoms with Gasteiger partial charge < -0.3 is 25.0 Å². The highest BCUT2D eigenvalue weighted by Crippen LogP contribution is 2.33. The Balaban J connectivity index is 1.59. The molecule has 3 atom stereocenters. The number of benzene rings is 1. The largest absolute Gasteiger partial charge is 0.488 e. The molecule has 32 heavy (non-hydrogen) atoms. The number of ether oxygens (including phenoxy) is 1. The molecule has 0 spiro atoms. The maximum Gasteiger partial charge on any atom is 0.227 e. The second-order valence-corrected chi connectivity index (χ2v) is 10.1. The van der Waals surface area contributed by atoms with E-state index in [2.05, 4.69) is 24.2 Å². The first-order valence-electron chi connectivity index (χ1n) is 12.0. The van der Waals surface area contributed by atoms with E-state index in [9.17, 15) is 14.7 Å². The van der Waals surface area contributed by atoms with Crippen molar-refractivity contribution >= 4 is 17.5 Å². The number of aliphatic hydroxyl groups is 1. The molecular formula is C25H37N3O4. The average molecular weight is 444 g/mol. The Morgan fingerprint density at radius 2 is 2.03 bits per heavy atom. The van der Waals surface area contributed by atoms with Gasteiger partial charge in [0.15, 0.2) is 0 Å². The van der Waals surface area contributed by atoms with Gasteiger partial charge in [-0.1, -0.05) is 6.92 Å². The molecule has 7 nitrogen and oxygen atoms in total. The normalized spacial score (nSPS) is 24.8. The average Bonchev–Trinajstić information content (AvgIpc) is 3.66. The lowest BCUT2D eigenvalue weighted by atomic mass is 10.0. The molecule has 0 saturated heterocycles. The molecule has 2 fully saturated rings. The zero-order valence-electron chi connectivity index (χ0n) is 19.5. The number of fused-ring (bicyclic) bond motifs is 1. The maximum atomic E-state index is 13.2. The van der Waals surface area contributed by atoms with Crippen LogP contribution in [0.5, 0.6) is 5.75 Å². The van der Waals surface area contributed by atoms with Gasteiger partial charge >= 0.3 is 0 Å². The smallest absolute Gasteiger partial charge is 0.227 e. The number of carbonyl (C=O) groups is 2. The Hall–Kier alpha value is -2.12. The minimum absolute atomic E-state index is 0.0269. The van der Waals surface area contributed by atoms with Crippen LogP contribution in [-0.2, 0) is 16.0 Å². The molecule has 0 radical (unpaired) electrons. The topological polar surface area (TPSA) is 82.1 Å². The van der Waals surface area contributed by atoms with Crippen LogP contribution in [0.1, 0.15) is 45.1 Å². The summed E-state index contributed by atoms with van der Waals surface area (Å²) in [5.74, 6) is 1.74. The fourth-order valence-electron chi connectivity index (χ4n) is 4.44. The fraction of sp³-hybridized carbons (Fsp3) is 0.680. The third-order valence-electron chi connectivity index (χ3n) is 6.89. The van der Waals surface area contributed by atoms with E-state index in [1.54, 1.807) is 4.90 Å². The first kappa shape index (κ1) is 23.1. The number of hydrogen-bond donors (Lipinski definition) is 2. The number of nitrogens with one attached hydrogen (secondary N) is 1. The third-order valence-corrected chi connectivity index (χ3v) is 6.89. The molecule has 4 rings (SSSR count). The van der Waals surface area contributed by atoms with Crippen LogP contribution in [0.2, 0.25) is 0 Å². The van der Waals surface area contributed by atoms with Crippen molar-refractivity contribution in [3.63, 3.8) is 0 Å². The van der Waals surface area contributed by atoms with Gasteiger partial charge in [-0.3, -0.25) is 9.59 Å². The van der Waals surface area contributed by atoms with E-state index < -0.39 is 0 Å². The first-order chi connectivity index (χ1) is 15.3. The molecule has 1 heterocycles. The number of likely N-dealkylation sites (N-methyl/N-ethyl adjacent to an activating group) is 1. The Morgan fingerprint density at radius 1 is 1.28 bits per heavy atom. The number of amides is 2. The quantitative estimate of drug-likeness (QED) is 0.645. The Morgan fingerprint density at radius 3 is 2.69 bits per heavy atom. The van der Waals surface area contributed by atoms with Crippen molar-refractivity contribution in [2.75, 3.05) is 38.6 Å². The van der Waals surface area contributed by atoms with Crippen LogP contribution in [0, 0.1) is 17.8 Å². The summed E-state index contributed by atoms with van der Waals surface area (Å²) in [6, 6.07) is 5.37. The summed E-state index contributed by atoms with van der Waals surface area (Å²) < 4.78 is 6.54. The zero-order chi connectivity index (χ0) is 22.8. The Kier molecular flexibility index (Phi) is 7.05. The van der Waals surface area contributed by atoms with Crippen LogP contribution in [0.4, 0.5) is 5.69 Å². The molecule has 2 amide bonds. The van der Waals surface area contributed by atoms with Crippen LogP contribution in [0.25, 0.3) is 0 Å². The van der Waals surface area contributed by atoms with E-state index in [0.29, 0.717) is 18.0 Å². The molecule has 3 aliphatic rings. The summed E-state index contributed by atoms with van der Waals surface area (Å²) in [5.41, 5.74) is 1.48. The zero-order valence-corrected chi connectivity index (χ0v) is 19.5. The highest BCUT2D eigenvalue weighted by molar-refractivity contribution is 5.94. The summed E-state index contributed by atoms with van der Waals surface area (Å²) in [6.07, 6.45) is 4.61. The SMILES string of the molecule is C[C@H](CO)N1C[C@H](C)[C@@H](CN(C)CC2CC2)Oc2ccc(NC(=O)C3CC3)cc2CC1=O. The third kappa shape index (κ3) is 5.81. The van der Waals surface area contributed by atoms with Crippen molar-refractivity contribution in [1.82, 2.24) is 9.80 Å². The van der Waals surface area contributed by atoms with E-state index in [1.807, 2.05) is 25.1 Å². The molecule has 2 aliphatic carbocycles. The molecule has 0 aromatic heterocycles. The maximum absolute atomic E-state index is 13.2. The lowest BCUT2D eigenvalue weighted by Crippen LogP contribution is -2.47. The summed E-state index contributed by atoms with van der Waals surface area (Å²) >= 11 is 0. The van der Waals surface area contributed by atoms with Gasteiger partial charge in [0.2, 0.25) is 11.8 Å².